The highest BCUT2D eigenvalue weighted by atomic mass is 16.2. The highest BCUT2D eigenvalue weighted by Gasteiger charge is 2.08. The Morgan fingerprint density at radius 1 is 0.852 bits per heavy atom. The highest BCUT2D eigenvalue weighted by molar-refractivity contribution is 5.97. The first-order chi connectivity index (χ1) is 12.9. The molecule has 0 saturated heterocycles. The van der Waals surface area contributed by atoms with E-state index in [1.807, 2.05) is 6.92 Å². The number of hydrogen-bond donors (Lipinski definition) is 3. The van der Waals surface area contributed by atoms with Gasteiger partial charge in [0.25, 0.3) is 11.8 Å². The summed E-state index contributed by atoms with van der Waals surface area (Å²) in [6.45, 7) is 2.50. The van der Waals surface area contributed by atoms with Crippen molar-refractivity contribution in [2.75, 3.05) is 37.8 Å². The third-order valence-corrected chi connectivity index (χ3v) is 3.76. The number of nitrogens with one attached hydrogen (secondary N) is 3. The van der Waals surface area contributed by atoms with Gasteiger partial charge in [-0.05, 0) is 55.5 Å². The zero-order valence-corrected chi connectivity index (χ0v) is 15.7. The molecule has 0 aliphatic rings. The van der Waals surface area contributed by atoms with Crippen molar-refractivity contribution >= 4 is 29.1 Å². The smallest absolute Gasteiger partial charge is 0.253 e. The van der Waals surface area contributed by atoms with Crippen LogP contribution in [0.15, 0.2) is 48.5 Å². The molecule has 2 aromatic rings. The van der Waals surface area contributed by atoms with Crippen molar-refractivity contribution in [1.82, 2.24) is 10.2 Å². The van der Waals surface area contributed by atoms with Crippen molar-refractivity contribution < 1.29 is 14.4 Å². The lowest BCUT2D eigenvalue weighted by Gasteiger charge is -2.11. The Kier molecular flexibility index (Phi) is 6.93. The average molecular weight is 368 g/mol. The summed E-state index contributed by atoms with van der Waals surface area (Å²) in [7, 11) is 3.39. The fourth-order valence-corrected chi connectivity index (χ4v) is 2.34. The molecule has 2 rings (SSSR count). The minimum Gasteiger partial charge on any atom is -0.376 e. The second kappa shape index (κ2) is 9.38. The van der Waals surface area contributed by atoms with E-state index in [4.69, 9.17) is 0 Å². The molecule has 0 fully saturated rings. The second-order valence-corrected chi connectivity index (χ2v) is 6.12. The fourth-order valence-electron chi connectivity index (χ4n) is 2.34. The van der Waals surface area contributed by atoms with Gasteiger partial charge in [-0.3, -0.25) is 14.4 Å². The summed E-state index contributed by atoms with van der Waals surface area (Å²) in [5, 5.41) is 8.48. The number of rotatable bonds is 7. The predicted octanol–water partition coefficient (Wildman–Crippen LogP) is 2.19. The van der Waals surface area contributed by atoms with E-state index in [0.717, 1.165) is 5.69 Å². The summed E-state index contributed by atoms with van der Waals surface area (Å²) in [6, 6.07) is 13.6. The summed E-state index contributed by atoms with van der Waals surface area (Å²) < 4.78 is 0. The van der Waals surface area contributed by atoms with Gasteiger partial charge in [0.2, 0.25) is 5.91 Å². The van der Waals surface area contributed by atoms with Crippen LogP contribution in [0.2, 0.25) is 0 Å². The topological polar surface area (TPSA) is 90.5 Å². The van der Waals surface area contributed by atoms with Crippen LogP contribution in [0, 0.1) is 0 Å². The van der Waals surface area contributed by atoms with Crippen LogP contribution in [0.4, 0.5) is 11.4 Å². The second-order valence-electron chi connectivity index (χ2n) is 6.12. The number of nitrogens with zero attached hydrogens (tertiary/aromatic N) is 1. The number of carbonyl (C=O) groups is 3. The van der Waals surface area contributed by atoms with Crippen LogP contribution < -0.4 is 16.0 Å². The molecule has 0 atom stereocenters. The van der Waals surface area contributed by atoms with Gasteiger partial charge < -0.3 is 20.9 Å². The summed E-state index contributed by atoms with van der Waals surface area (Å²) in [5.41, 5.74) is 2.48. The van der Waals surface area contributed by atoms with Crippen molar-refractivity contribution in [3.05, 3.63) is 59.7 Å². The first-order valence-electron chi connectivity index (χ1n) is 8.64. The Bertz CT molecular complexity index is 799. The molecule has 0 radical (unpaired) electrons. The molecule has 2 aromatic carbocycles. The van der Waals surface area contributed by atoms with Gasteiger partial charge in [-0.2, -0.15) is 0 Å². The Hall–Kier alpha value is -3.35. The predicted molar refractivity (Wildman–Crippen MR) is 106 cm³/mol. The largest absolute Gasteiger partial charge is 0.376 e. The van der Waals surface area contributed by atoms with Crippen LogP contribution in [0.5, 0.6) is 0 Å². The van der Waals surface area contributed by atoms with Gasteiger partial charge >= 0.3 is 0 Å². The molecule has 7 heteroatoms. The maximum absolute atomic E-state index is 12.1. The summed E-state index contributed by atoms with van der Waals surface area (Å²) in [6.07, 6.45) is 0. The van der Waals surface area contributed by atoms with Crippen molar-refractivity contribution in [2.45, 2.75) is 6.92 Å². The van der Waals surface area contributed by atoms with Gasteiger partial charge in [0, 0.05) is 43.1 Å². The van der Waals surface area contributed by atoms with E-state index in [1.54, 1.807) is 62.6 Å². The molecule has 0 aliphatic carbocycles. The molecule has 0 aliphatic heterocycles. The Morgan fingerprint density at radius 3 is 1.96 bits per heavy atom. The fraction of sp³-hybridized carbons (Fsp3) is 0.250. The molecule has 0 bridgehead atoms. The number of amides is 3. The molecule has 0 unspecified atom stereocenters. The first-order valence-corrected chi connectivity index (χ1v) is 8.64. The number of benzene rings is 2. The third kappa shape index (κ3) is 5.85. The van der Waals surface area contributed by atoms with Crippen molar-refractivity contribution in [3.63, 3.8) is 0 Å². The zero-order chi connectivity index (χ0) is 19.8. The van der Waals surface area contributed by atoms with Crippen LogP contribution in [-0.2, 0) is 4.79 Å². The molecule has 0 saturated carbocycles. The van der Waals surface area contributed by atoms with E-state index < -0.39 is 0 Å². The van der Waals surface area contributed by atoms with Crippen molar-refractivity contribution in [2.24, 2.45) is 0 Å². The van der Waals surface area contributed by atoms with Gasteiger partial charge in [-0.1, -0.05) is 0 Å². The van der Waals surface area contributed by atoms with Crippen LogP contribution in [0.3, 0.4) is 0 Å². The van der Waals surface area contributed by atoms with Gasteiger partial charge in [-0.25, -0.2) is 0 Å². The maximum atomic E-state index is 12.1. The van der Waals surface area contributed by atoms with Crippen LogP contribution in [-0.4, -0.2) is 49.8 Å². The molecule has 0 spiro atoms. The molecule has 0 aromatic heterocycles. The van der Waals surface area contributed by atoms with Crippen LogP contribution >= 0.6 is 0 Å². The minimum absolute atomic E-state index is 0.0737. The van der Waals surface area contributed by atoms with E-state index in [0.29, 0.717) is 23.4 Å². The molecule has 3 N–H and O–H groups in total. The van der Waals surface area contributed by atoms with Gasteiger partial charge in [0.1, 0.15) is 0 Å². The molecule has 27 heavy (non-hydrogen) atoms. The van der Waals surface area contributed by atoms with Gasteiger partial charge in [-0.15, -0.1) is 0 Å². The average Bonchev–Trinajstić information content (AvgIpc) is 2.67. The SMILES string of the molecule is CCNC(=O)c1ccc(NC(=O)CNc2ccc(C(=O)N(C)C)cc2)cc1. The lowest BCUT2D eigenvalue weighted by atomic mass is 10.2. The monoisotopic (exact) mass is 368 g/mol. The first kappa shape index (κ1) is 20.0. The molecule has 7 nitrogen and oxygen atoms in total. The minimum atomic E-state index is -0.214. The molecule has 0 heterocycles. The number of hydrogen-bond acceptors (Lipinski definition) is 4. The normalized spacial score (nSPS) is 10.0. The Balaban J connectivity index is 1.85. The van der Waals surface area contributed by atoms with Crippen LogP contribution in [0.25, 0.3) is 0 Å². The van der Waals surface area contributed by atoms with E-state index >= 15 is 0 Å². The van der Waals surface area contributed by atoms with Crippen molar-refractivity contribution in [1.29, 1.82) is 0 Å². The van der Waals surface area contributed by atoms with Gasteiger partial charge in [0.15, 0.2) is 0 Å². The van der Waals surface area contributed by atoms with E-state index in [9.17, 15) is 14.4 Å². The molecule has 3 amide bonds. The summed E-state index contributed by atoms with van der Waals surface area (Å²) in [4.78, 5) is 37.1. The zero-order valence-electron chi connectivity index (χ0n) is 15.7. The lowest BCUT2D eigenvalue weighted by molar-refractivity contribution is -0.114. The summed E-state index contributed by atoms with van der Waals surface area (Å²) in [5.74, 6) is -0.433. The molecular formula is C20H24N4O3. The highest BCUT2D eigenvalue weighted by Crippen LogP contribution is 2.12. The van der Waals surface area contributed by atoms with Crippen molar-refractivity contribution in [3.8, 4) is 0 Å². The maximum Gasteiger partial charge on any atom is 0.253 e. The van der Waals surface area contributed by atoms with Crippen LogP contribution in [0.1, 0.15) is 27.6 Å². The number of carbonyl (C=O) groups excluding carboxylic acids is 3. The quantitative estimate of drug-likeness (QED) is 0.699. The van der Waals surface area contributed by atoms with E-state index in [2.05, 4.69) is 16.0 Å². The lowest BCUT2D eigenvalue weighted by Crippen LogP contribution is -2.23. The van der Waals surface area contributed by atoms with E-state index in [1.165, 1.54) is 4.90 Å². The Labute approximate surface area is 158 Å². The standard InChI is InChI=1S/C20H24N4O3/c1-4-21-19(26)14-5-11-17(12-6-14)23-18(25)13-22-16-9-7-15(8-10-16)20(27)24(2)3/h5-12,22H,4,13H2,1-3H3,(H,21,26)(H,23,25). The Morgan fingerprint density at radius 2 is 1.41 bits per heavy atom. The molecular weight excluding hydrogens is 344 g/mol. The summed E-state index contributed by atoms with van der Waals surface area (Å²) >= 11 is 0. The molecule has 142 valence electrons. The van der Waals surface area contributed by atoms with E-state index in [-0.39, 0.29) is 24.3 Å². The third-order valence-electron chi connectivity index (χ3n) is 3.76. The van der Waals surface area contributed by atoms with Gasteiger partial charge in [0.05, 0.1) is 6.54 Å². The number of anilines is 2.